The molecule has 1 aromatic heterocycles. The smallest absolute Gasteiger partial charge is 0.204 e. The van der Waals surface area contributed by atoms with E-state index in [0.717, 1.165) is 18.7 Å². The van der Waals surface area contributed by atoms with Gasteiger partial charge in [0.15, 0.2) is 0 Å². The van der Waals surface area contributed by atoms with Crippen LogP contribution in [0.2, 0.25) is 0 Å². The average Bonchev–Trinajstić information content (AvgIpc) is 3.10. The van der Waals surface area contributed by atoms with Gasteiger partial charge in [0.1, 0.15) is 0 Å². The Labute approximate surface area is 130 Å². The van der Waals surface area contributed by atoms with E-state index in [2.05, 4.69) is 38.1 Å². The van der Waals surface area contributed by atoms with Crippen LogP contribution < -0.4 is 5.32 Å². The van der Waals surface area contributed by atoms with Gasteiger partial charge in [0, 0.05) is 25.8 Å². The van der Waals surface area contributed by atoms with Crippen LogP contribution in [0.5, 0.6) is 0 Å². The number of rotatable bonds is 6. The molecule has 0 aliphatic heterocycles. The van der Waals surface area contributed by atoms with Gasteiger partial charge in [-0.3, -0.25) is 0 Å². The Kier molecular flexibility index (Phi) is 5.13. The molecule has 3 rings (SSSR count). The van der Waals surface area contributed by atoms with Crippen LogP contribution in [0.15, 0.2) is 24.3 Å². The summed E-state index contributed by atoms with van der Waals surface area (Å²) in [5, 5.41) is 17.7. The van der Waals surface area contributed by atoms with Crippen LogP contribution in [-0.4, -0.2) is 40.4 Å². The molecule has 1 fully saturated rings. The van der Waals surface area contributed by atoms with Crippen molar-refractivity contribution in [3.63, 3.8) is 0 Å². The third kappa shape index (κ3) is 3.69. The average molecular weight is 301 g/mol. The normalized spacial score (nSPS) is 21.9. The van der Waals surface area contributed by atoms with E-state index >= 15 is 0 Å². The van der Waals surface area contributed by atoms with Crippen LogP contribution in [-0.2, 0) is 11.3 Å². The number of tetrazole rings is 1. The summed E-state index contributed by atoms with van der Waals surface area (Å²) in [4.78, 5) is 0. The van der Waals surface area contributed by atoms with Gasteiger partial charge >= 0.3 is 0 Å². The molecule has 118 valence electrons. The first-order valence-electron chi connectivity index (χ1n) is 7.93. The lowest BCUT2D eigenvalue weighted by molar-refractivity contribution is 0.0238. The SMILES string of the molecule is CO[C@@H]1CCCC[C@H]1CNCc1cccc(-c2nn[nH]n2)c1. The number of hydrogen-bond acceptors (Lipinski definition) is 5. The lowest BCUT2D eigenvalue weighted by Crippen LogP contribution is -2.34. The minimum Gasteiger partial charge on any atom is -0.381 e. The van der Waals surface area contributed by atoms with Crippen molar-refractivity contribution in [1.29, 1.82) is 0 Å². The standard InChI is InChI=1S/C16H23N5O/c1-22-15-8-3-2-6-14(15)11-17-10-12-5-4-7-13(9-12)16-18-20-21-19-16/h4-5,7,9,14-15,17H,2-3,6,8,10-11H2,1H3,(H,18,19,20,21)/t14-,15+/m0/s1. The maximum absolute atomic E-state index is 5.61. The molecule has 0 radical (unpaired) electrons. The first-order chi connectivity index (χ1) is 10.9. The van der Waals surface area contributed by atoms with Gasteiger partial charge in [-0.15, -0.1) is 10.2 Å². The van der Waals surface area contributed by atoms with E-state index in [-0.39, 0.29) is 0 Å². The summed E-state index contributed by atoms with van der Waals surface area (Å²) in [6.45, 7) is 1.85. The molecule has 0 amide bonds. The monoisotopic (exact) mass is 301 g/mol. The Bertz CT molecular complexity index is 572. The van der Waals surface area contributed by atoms with Crippen LogP contribution in [0.25, 0.3) is 11.4 Å². The molecule has 0 unspecified atom stereocenters. The van der Waals surface area contributed by atoms with E-state index in [1.54, 1.807) is 0 Å². The van der Waals surface area contributed by atoms with Gasteiger partial charge in [0.25, 0.3) is 0 Å². The second-order valence-electron chi connectivity index (χ2n) is 5.89. The van der Waals surface area contributed by atoms with Crippen molar-refractivity contribution in [2.75, 3.05) is 13.7 Å². The minimum absolute atomic E-state index is 0.409. The van der Waals surface area contributed by atoms with E-state index in [1.807, 2.05) is 19.2 Å². The van der Waals surface area contributed by atoms with Crippen molar-refractivity contribution in [3.8, 4) is 11.4 Å². The molecule has 0 spiro atoms. The Morgan fingerprint density at radius 2 is 2.23 bits per heavy atom. The third-order valence-electron chi connectivity index (χ3n) is 4.41. The molecule has 6 nitrogen and oxygen atoms in total. The number of aromatic amines is 1. The van der Waals surface area contributed by atoms with Crippen molar-refractivity contribution in [2.45, 2.75) is 38.3 Å². The Morgan fingerprint density at radius 1 is 1.32 bits per heavy atom. The molecule has 1 aliphatic carbocycles. The summed E-state index contributed by atoms with van der Waals surface area (Å²) < 4.78 is 5.61. The van der Waals surface area contributed by atoms with Crippen LogP contribution in [0.4, 0.5) is 0 Å². The van der Waals surface area contributed by atoms with Gasteiger partial charge in [-0.25, -0.2) is 0 Å². The van der Waals surface area contributed by atoms with Gasteiger partial charge in [-0.2, -0.15) is 5.21 Å². The molecular formula is C16H23N5O. The number of aromatic nitrogens is 4. The Balaban J connectivity index is 1.54. The number of hydrogen-bond donors (Lipinski definition) is 2. The first kappa shape index (κ1) is 15.1. The summed E-state index contributed by atoms with van der Waals surface area (Å²) in [6, 6.07) is 8.25. The van der Waals surface area contributed by atoms with Gasteiger partial charge in [0.2, 0.25) is 5.82 Å². The molecule has 6 heteroatoms. The number of methoxy groups -OCH3 is 1. The molecule has 1 saturated carbocycles. The van der Waals surface area contributed by atoms with Gasteiger partial charge in [-0.05, 0) is 35.6 Å². The molecule has 1 heterocycles. The summed E-state index contributed by atoms with van der Waals surface area (Å²) >= 11 is 0. The molecule has 1 aliphatic rings. The fraction of sp³-hybridized carbons (Fsp3) is 0.562. The summed E-state index contributed by atoms with van der Waals surface area (Å²) in [5.41, 5.74) is 2.22. The fourth-order valence-electron chi connectivity index (χ4n) is 3.22. The maximum Gasteiger partial charge on any atom is 0.204 e. The predicted octanol–water partition coefficient (Wildman–Crippen LogP) is 2.16. The lowest BCUT2D eigenvalue weighted by Gasteiger charge is -2.30. The second-order valence-corrected chi connectivity index (χ2v) is 5.89. The number of benzene rings is 1. The topological polar surface area (TPSA) is 75.7 Å². The van der Waals surface area contributed by atoms with E-state index in [1.165, 1.54) is 31.2 Å². The molecule has 0 saturated heterocycles. The van der Waals surface area contributed by atoms with Crippen molar-refractivity contribution in [2.24, 2.45) is 5.92 Å². The zero-order valence-corrected chi connectivity index (χ0v) is 13.0. The highest BCUT2D eigenvalue weighted by atomic mass is 16.5. The number of nitrogens with zero attached hydrogens (tertiary/aromatic N) is 3. The van der Waals surface area contributed by atoms with Crippen LogP contribution in [0.1, 0.15) is 31.2 Å². The fourth-order valence-corrected chi connectivity index (χ4v) is 3.22. The summed E-state index contributed by atoms with van der Waals surface area (Å²) in [7, 11) is 1.83. The zero-order valence-electron chi connectivity index (χ0n) is 13.0. The third-order valence-corrected chi connectivity index (χ3v) is 4.41. The molecule has 2 aromatic rings. The highest BCUT2D eigenvalue weighted by Gasteiger charge is 2.24. The molecule has 0 bridgehead atoms. The van der Waals surface area contributed by atoms with E-state index in [0.29, 0.717) is 17.8 Å². The predicted molar refractivity (Wildman–Crippen MR) is 84.1 cm³/mol. The maximum atomic E-state index is 5.61. The highest BCUT2D eigenvalue weighted by Crippen LogP contribution is 2.26. The first-order valence-corrected chi connectivity index (χ1v) is 7.93. The number of ether oxygens (including phenoxy) is 1. The quantitative estimate of drug-likeness (QED) is 0.855. The van der Waals surface area contributed by atoms with Crippen LogP contribution >= 0.6 is 0 Å². The minimum atomic E-state index is 0.409. The second kappa shape index (κ2) is 7.47. The zero-order chi connectivity index (χ0) is 15.2. The number of nitrogens with one attached hydrogen (secondary N) is 2. The van der Waals surface area contributed by atoms with E-state index in [9.17, 15) is 0 Å². The molecular weight excluding hydrogens is 278 g/mol. The number of H-pyrrole nitrogens is 1. The van der Waals surface area contributed by atoms with Crippen molar-refractivity contribution >= 4 is 0 Å². The molecule has 1 aromatic carbocycles. The van der Waals surface area contributed by atoms with Crippen molar-refractivity contribution < 1.29 is 4.74 Å². The van der Waals surface area contributed by atoms with Crippen molar-refractivity contribution in [3.05, 3.63) is 29.8 Å². The Morgan fingerprint density at radius 3 is 3.05 bits per heavy atom. The van der Waals surface area contributed by atoms with Crippen LogP contribution in [0.3, 0.4) is 0 Å². The van der Waals surface area contributed by atoms with Gasteiger partial charge in [0.05, 0.1) is 6.10 Å². The van der Waals surface area contributed by atoms with Gasteiger partial charge < -0.3 is 10.1 Å². The van der Waals surface area contributed by atoms with Crippen molar-refractivity contribution in [1.82, 2.24) is 25.9 Å². The Hall–Kier alpha value is -1.79. The summed E-state index contributed by atoms with van der Waals surface area (Å²) in [6.07, 6.45) is 5.47. The molecule has 22 heavy (non-hydrogen) atoms. The lowest BCUT2D eigenvalue weighted by atomic mass is 9.86. The summed E-state index contributed by atoms with van der Waals surface area (Å²) in [5.74, 6) is 1.26. The largest absolute Gasteiger partial charge is 0.381 e. The van der Waals surface area contributed by atoms with E-state index in [4.69, 9.17) is 4.74 Å². The molecule has 2 atom stereocenters. The van der Waals surface area contributed by atoms with E-state index < -0.39 is 0 Å². The van der Waals surface area contributed by atoms with Gasteiger partial charge in [-0.1, -0.05) is 31.0 Å². The molecule has 2 N–H and O–H groups in total. The highest BCUT2D eigenvalue weighted by molar-refractivity contribution is 5.54. The van der Waals surface area contributed by atoms with Crippen LogP contribution in [0, 0.1) is 5.92 Å².